The number of nitrogens with zero attached hydrogens (tertiary/aromatic N) is 3. The van der Waals surface area contributed by atoms with Crippen molar-refractivity contribution in [2.45, 2.75) is 33.1 Å². The van der Waals surface area contributed by atoms with Crippen molar-refractivity contribution in [1.82, 2.24) is 9.80 Å². The van der Waals surface area contributed by atoms with Crippen molar-refractivity contribution in [2.24, 2.45) is 0 Å². The number of carbonyl (C=O) groups excluding carboxylic acids is 1. The van der Waals surface area contributed by atoms with E-state index in [2.05, 4.69) is 54.0 Å². The average molecular weight is 317 g/mol. The highest BCUT2D eigenvalue weighted by Crippen LogP contribution is 2.15. The van der Waals surface area contributed by atoms with Crippen LogP contribution in [0.3, 0.4) is 0 Å². The van der Waals surface area contributed by atoms with Gasteiger partial charge in [-0.2, -0.15) is 0 Å². The Hall–Kier alpha value is -1.55. The maximum absolute atomic E-state index is 12.3. The minimum absolute atomic E-state index is 0.319. The van der Waals surface area contributed by atoms with Gasteiger partial charge in [-0.3, -0.25) is 9.69 Å². The van der Waals surface area contributed by atoms with Crippen LogP contribution in [0.5, 0.6) is 0 Å². The summed E-state index contributed by atoms with van der Waals surface area (Å²) < 4.78 is 0. The second-order valence-electron chi connectivity index (χ2n) is 6.30. The van der Waals surface area contributed by atoms with Crippen molar-refractivity contribution in [3.63, 3.8) is 0 Å². The molecule has 1 aliphatic rings. The molecule has 1 amide bonds. The maximum atomic E-state index is 12.3. The van der Waals surface area contributed by atoms with Gasteiger partial charge >= 0.3 is 0 Å². The Morgan fingerprint density at radius 2 is 1.61 bits per heavy atom. The second-order valence-corrected chi connectivity index (χ2v) is 6.30. The molecule has 4 heteroatoms. The molecule has 128 valence electrons. The Morgan fingerprint density at radius 3 is 2.17 bits per heavy atom. The number of hydrogen-bond donors (Lipinski definition) is 0. The van der Waals surface area contributed by atoms with Gasteiger partial charge in [0.1, 0.15) is 0 Å². The number of carbonyl (C=O) groups is 1. The first-order valence-corrected chi connectivity index (χ1v) is 9.04. The number of anilines is 1. The summed E-state index contributed by atoms with van der Waals surface area (Å²) in [5, 5.41) is 0. The zero-order valence-corrected chi connectivity index (χ0v) is 14.7. The highest BCUT2D eigenvalue weighted by molar-refractivity contribution is 5.76. The normalized spacial score (nSPS) is 15.7. The number of rotatable bonds is 8. The van der Waals surface area contributed by atoms with E-state index in [9.17, 15) is 4.79 Å². The predicted molar refractivity (Wildman–Crippen MR) is 96.9 cm³/mol. The summed E-state index contributed by atoms with van der Waals surface area (Å²) in [5.74, 6) is 0.319. The Morgan fingerprint density at radius 1 is 1.00 bits per heavy atom. The standard InChI is InChI=1S/C19H31N3O/c1-3-11-22(12-4-2)19(23)10-13-20-14-16-21(17-15-20)18-8-6-5-7-9-18/h5-9H,3-4,10-17H2,1-2H3. The molecule has 0 saturated carbocycles. The van der Waals surface area contributed by atoms with Gasteiger partial charge in [0.05, 0.1) is 0 Å². The van der Waals surface area contributed by atoms with Crippen molar-refractivity contribution < 1.29 is 4.79 Å². The Labute approximate surface area is 141 Å². The molecule has 0 spiro atoms. The topological polar surface area (TPSA) is 26.8 Å². The van der Waals surface area contributed by atoms with Gasteiger partial charge in [0.15, 0.2) is 0 Å². The second kappa shape index (κ2) is 9.56. The average Bonchev–Trinajstić information content (AvgIpc) is 2.61. The lowest BCUT2D eigenvalue weighted by Gasteiger charge is -2.36. The molecule has 0 atom stereocenters. The molecule has 1 saturated heterocycles. The highest BCUT2D eigenvalue weighted by Gasteiger charge is 2.19. The van der Waals surface area contributed by atoms with Crippen LogP contribution in [0.1, 0.15) is 33.1 Å². The summed E-state index contributed by atoms with van der Waals surface area (Å²) in [7, 11) is 0. The van der Waals surface area contributed by atoms with Gasteiger partial charge in [-0.05, 0) is 25.0 Å². The third-order valence-corrected chi connectivity index (χ3v) is 4.48. The summed E-state index contributed by atoms with van der Waals surface area (Å²) >= 11 is 0. The molecule has 0 bridgehead atoms. The van der Waals surface area contributed by atoms with Gasteiger partial charge in [-0.25, -0.2) is 0 Å². The summed E-state index contributed by atoms with van der Waals surface area (Å²) in [6.45, 7) is 11.1. The first-order valence-electron chi connectivity index (χ1n) is 9.04. The molecule has 1 aromatic carbocycles. The van der Waals surface area contributed by atoms with Crippen LogP contribution >= 0.6 is 0 Å². The van der Waals surface area contributed by atoms with Gasteiger partial charge in [0.25, 0.3) is 0 Å². The van der Waals surface area contributed by atoms with Crippen LogP contribution in [0, 0.1) is 0 Å². The van der Waals surface area contributed by atoms with Crippen LogP contribution in [0.2, 0.25) is 0 Å². The highest BCUT2D eigenvalue weighted by atomic mass is 16.2. The molecule has 0 N–H and O–H groups in total. The fourth-order valence-corrected chi connectivity index (χ4v) is 3.18. The first kappa shape index (κ1) is 17.8. The summed E-state index contributed by atoms with van der Waals surface area (Å²) in [5.41, 5.74) is 1.31. The van der Waals surface area contributed by atoms with Crippen LogP contribution in [-0.4, -0.2) is 61.5 Å². The van der Waals surface area contributed by atoms with Gasteiger partial charge in [-0.1, -0.05) is 32.0 Å². The zero-order chi connectivity index (χ0) is 16.5. The number of amides is 1. The van der Waals surface area contributed by atoms with Crippen molar-refractivity contribution in [2.75, 3.05) is 50.7 Å². The van der Waals surface area contributed by atoms with Gasteiger partial charge in [-0.15, -0.1) is 0 Å². The van der Waals surface area contributed by atoms with E-state index in [0.717, 1.165) is 58.7 Å². The quantitative estimate of drug-likeness (QED) is 0.738. The van der Waals surface area contributed by atoms with Crippen molar-refractivity contribution in [3.8, 4) is 0 Å². The van der Waals surface area contributed by atoms with Crippen LogP contribution in [0.4, 0.5) is 5.69 Å². The van der Waals surface area contributed by atoms with Crippen molar-refractivity contribution in [1.29, 1.82) is 0 Å². The van der Waals surface area contributed by atoms with E-state index in [4.69, 9.17) is 0 Å². The molecule has 1 fully saturated rings. The molecular formula is C19H31N3O. The molecule has 4 nitrogen and oxygen atoms in total. The van der Waals surface area contributed by atoms with Gasteiger partial charge < -0.3 is 9.80 Å². The van der Waals surface area contributed by atoms with Crippen molar-refractivity contribution >= 4 is 11.6 Å². The Balaban J connectivity index is 1.73. The molecular weight excluding hydrogens is 286 g/mol. The lowest BCUT2D eigenvalue weighted by Crippen LogP contribution is -2.47. The zero-order valence-electron chi connectivity index (χ0n) is 14.7. The minimum atomic E-state index is 0.319. The van der Waals surface area contributed by atoms with E-state index in [1.807, 2.05) is 4.90 Å². The van der Waals surface area contributed by atoms with E-state index in [0.29, 0.717) is 12.3 Å². The molecule has 0 aromatic heterocycles. The van der Waals surface area contributed by atoms with E-state index in [-0.39, 0.29) is 0 Å². The smallest absolute Gasteiger partial charge is 0.223 e. The fraction of sp³-hybridized carbons (Fsp3) is 0.632. The fourth-order valence-electron chi connectivity index (χ4n) is 3.18. The third kappa shape index (κ3) is 5.54. The maximum Gasteiger partial charge on any atom is 0.223 e. The largest absolute Gasteiger partial charge is 0.369 e. The van der Waals surface area contributed by atoms with E-state index in [1.54, 1.807) is 0 Å². The monoisotopic (exact) mass is 317 g/mol. The summed E-state index contributed by atoms with van der Waals surface area (Å²) in [6.07, 6.45) is 2.74. The summed E-state index contributed by atoms with van der Waals surface area (Å²) in [4.78, 5) is 19.2. The van der Waals surface area contributed by atoms with Crippen LogP contribution in [0.15, 0.2) is 30.3 Å². The number of benzene rings is 1. The van der Waals surface area contributed by atoms with Gasteiger partial charge in [0.2, 0.25) is 5.91 Å². The predicted octanol–water partition coefficient (Wildman–Crippen LogP) is 2.85. The van der Waals surface area contributed by atoms with Crippen LogP contribution in [-0.2, 0) is 4.79 Å². The number of hydrogen-bond acceptors (Lipinski definition) is 3. The molecule has 23 heavy (non-hydrogen) atoms. The molecule has 0 unspecified atom stereocenters. The lowest BCUT2D eigenvalue weighted by atomic mass is 10.2. The van der Waals surface area contributed by atoms with Crippen LogP contribution < -0.4 is 4.90 Å². The molecule has 0 aliphatic carbocycles. The Bertz CT molecular complexity index is 449. The molecule has 1 aromatic rings. The van der Waals surface area contributed by atoms with Gasteiger partial charge in [0, 0.05) is 57.9 Å². The lowest BCUT2D eigenvalue weighted by molar-refractivity contribution is -0.131. The number of piperazine rings is 1. The molecule has 1 heterocycles. The minimum Gasteiger partial charge on any atom is -0.369 e. The van der Waals surface area contributed by atoms with E-state index < -0.39 is 0 Å². The Kier molecular flexibility index (Phi) is 7.40. The first-order chi connectivity index (χ1) is 11.2. The SMILES string of the molecule is CCCN(CCC)C(=O)CCN1CCN(c2ccccc2)CC1. The molecule has 0 radical (unpaired) electrons. The molecule has 1 aliphatic heterocycles. The number of para-hydroxylation sites is 1. The third-order valence-electron chi connectivity index (χ3n) is 4.48. The summed E-state index contributed by atoms with van der Waals surface area (Å²) in [6, 6.07) is 10.6. The van der Waals surface area contributed by atoms with Crippen LogP contribution in [0.25, 0.3) is 0 Å². The molecule has 2 rings (SSSR count). The van der Waals surface area contributed by atoms with E-state index in [1.165, 1.54) is 5.69 Å². The van der Waals surface area contributed by atoms with E-state index >= 15 is 0 Å². The van der Waals surface area contributed by atoms with Crippen molar-refractivity contribution in [3.05, 3.63) is 30.3 Å².